The van der Waals surface area contributed by atoms with Crippen molar-refractivity contribution in [3.05, 3.63) is 21.9 Å². The first-order valence-corrected chi connectivity index (χ1v) is 6.95. The molecular formula is C13H21NOS. The zero-order chi connectivity index (χ0) is 11.5. The van der Waals surface area contributed by atoms with E-state index in [2.05, 4.69) is 37.5 Å². The molecule has 90 valence electrons. The van der Waals surface area contributed by atoms with Crippen LogP contribution in [0.25, 0.3) is 0 Å². The van der Waals surface area contributed by atoms with Crippen molar-refractivity contribution in [2.75, 3.05) is 13.2 Å². The lowest BCUT2D eigenvalue weighted by atomic mass is 10.0. The lowest BCUT2D eigenvalue weighted by Crippen LogP contribution is -2.34. The highest BCUT2D eigenvalue weighted by molar-refractivity contribution is 7.10. The van der Waals surface area contributed by atoms with Gasteiger partial charge in [0.2, 0.25) is 0 Å². The molecule has 0 radical (unpaired) electrons. The Labute approximate surface area is 102 Å². The van der Waals surface area contributed by atoms with E-state index in [-0.39, 0.29) is 6.10 Å². The lowest BCUT2D eigenvalue weighted by Gasteiger charge is -2.19. The average molecular weight is 239 g/mol. The highest BCUT2D eigenvalue weighted by Gasteiger charge is 2.23. The first-order valence-electron chi connectivity index (χ1n) is 6.07. The van der Waals surface area contributed by atoms with E-state index in [1.165, 1.54) is 10.4 Å². The summed E-state index contributed by atoms with van der Waals surface area (Å²) >= 11 is 1.81. The van der Waals surface area contributed by atoms with Gasteiger partial charge in [0, 0.05) is 24.1 Å². The van der Waals surface area contributed by atoms with Crippen LogP contribution in [0, 0.1) is 12.8 Å². The van der Waals surface area contributed by atoms with Crippen LogP contribution in [0.1, 0.15) is 36.8 Å². The number of hydrogen-bond acceptors (Lipinski definition) is 3. The number of nitrogens with one attached hydrogen (secondary N) is 1. The predicted molar refractivity (Wildman–Crippen MR) is 69.0 cm³/mol. The van der Waals surface area contributed by atoms with Crippen molar-refractivity contribution >= 4 is 11.3 Å². The van der Waals surface area contributed by atoms with Crippen molar-refractivity contribution in [2.24, 2.45) is 5.92 Å². The second-order valence-electron chi connectivity index (χ2n) is 4.87. The Morgan fingerprint density at radius 1 is 1.50 bits per heavy atom. The topological polar surface area (TPSA) is 21.3 Å². The molecule has 0 amide bonds. The van der Waals surface area contributed by atoms with Gasteiger partial charge in [-0.05, 0) is 36.3 Å². The molecule has 2 nitrogen and oxygen atoms in total. The monoisotopic (exact) mass is 239 g/mol. The minimum atomic E-state index is 0.253. The van der Waals surface area contributed by atoms with Gasteiger partial charge in [-0.25, -0.2) is 0 Å². The number of rotatable bonds is 2. The van der Waals surface area contributed by atoms with Crippen LogP contribution in [0.3, 0.4) is 0 Å². The van der Waals surface area contributed by atoms with E-state index < -0.39 is 0 Å². The van der Waals surface area contributed by atoms with E-state index in [0.717, 1.165) is 19.6 Å². The van der Waals surface area contributed by atoms with E-state index in [9.17, 15) is 0 Å². The Kier molecular flexibility index (Phi) is 4.00. The fourth-order valence-corrected chi connectivity index (χ4v) is 3.18. The van der Waals surface area contributed by atoms with E-state index in [1.54, 1.807) is 0 Å². The predicted octanol–water partition coefficient (Wildman–Crippen LogP) is 3.13. The molecule has 0 aromatic carbocycles. The number of aryl methyl sites for hydroxylation is 1. The summed E-state index contributed by atoms with van der Waals surface area (Å²) in [5, 5.41) is 5.78. The third-order valence-electron chi connectivity index (χ3n) is 3.31. The Bertz CT molecular complexity index is 334. The second kappa shape index (κ2) is 5.30. The summed E-state index contributed by atoms with van der Waals surface area (Å²) in [5.41, 5.74) is 1.36. The summed E-state index contributed by atoms with van der Waals surface area (Å²) in [6.45, 7) is 8.53. The molecule has 0 saturated carbocycles. The quantitative estimate of drug-likeness (QED) is 0.856. The molecule has 2 atom stereocenters. The molecule has 1 N–H and O–H groups in total. The van der Waals surface area contributed by atoms with E-state index in [4.69, 9.17) is 4.74 Å². The Balaban J connectivity index is 2.02. The molecule has 0 bridgehead atoms. The van der Waals surface area contributed by atoms with Crippen LogP contribution in [0.5, 0.6) is 0 Å². The second-order valence-corrected chi connectivity index (χ2v) is 5.82. The van der Waals surface area contributed by atoms with Gasteiger partial charge in [-0.3, -0.25) is 0 Å². The van der Waals surface area contributed by atoms with Crippen molar-refractivity contribution in [3.8, 4) is 0 Å². The summed E-state index contributed by atoms with van der Waals surface area (Å²) < 4.78 is 5.96. The smallest absolute Gasteiger partial charge is 0.104 e. The maximum Gasteiger partial charge on any atom is 0.104 e. The van der Waals surface area contributed by atoms with Gasteiger partial charge in [0.1, 0.15) is 6.10 Å². The van der Waals surface area contributed by atoms with Gasteiger partial charge in [-0.15, -0.1) is 11.3 Å². The Morgan fingerprint density at radius 2 is 2.31 bits per heavy atom. The van der Waals surface area contributed by atoms with Crippen molar-refractivity contribution in [3.63, 3.8) is 0 Å². The van der Waals surface area contributed by atoms with Gasteiger partial charge >= 0.3 is 0 Å². The molecule has 1 fully saturated rings. The molecule has 2 unspecified atom stereocenters. The van der Waals surface area contributed by atoms with Crippen molar-refractivity contribution in [1.29, 1.82) is 0 Å². The van der Waals surface area contributed by atoms with E-state index >= 15 is 0 Å². The van der Waals surface area contributed by atoms with Crippen LogP contribution in [-0.2, 0) is 4.74 Å². The zero-order valence-electron chi connectivity index (χ0n) is 10.3. The number of thiophene rings is 1. The third kappa shape index (κ3) is 2.65. The van der Waals surface area contributed by atoms with Crippen LogP contribution in [0.4, 0.5) is 0 Å². The minimum absolute atomic E-state index is 0.253. The fourth-order valence-electron chi connectivity index (χ4n) is 2.21. The first-order chi connectivity index (χ1) is 7.68. The van der Waals surface area contributed by atoms with Crippen LogP contribution in [-0.4, -0.2) is 19.2 Å². The molecule has 0 aliphatic carbocycles. The molecule has 16 heavy (non-hydrogen) atoms. The highest BCUT2D eigenvalue weighted by Crippen LogP contribution is 2.28. The molecule has 1 aliphatic rings. The van der Waals surface area contributed by atoms with Crippen LogP contribution in [0.2, 0.25) is 0 Å². The average Bonchev–Trinajstić information content (AvgIpc) is 2.54. The highest BCUT2D eigenvalue weighted by atomic mass is 32.1. The van der Waals surface area contributed by atoms with Crippen LogP contribution >= 0.6 is 11.3 Å². The van der Waals surface area contributed by atoms with Crippen molar-refractivity contribution in [2.45, 2.75) is 39.3 Å². The molecule has 1 aromatic rings. The Hall–Kier alpha value is -0.380. The minimum Gasteiger partial charge on any atom is -0.371 e. The van der Waals surface area contributed by atoms with E-state index in [1.807, 2.05) is 11.3 Å². The normalized spacial score (nSPS) is 27.0. The van der Waals surface area contributed by atoms with Gasteiger partial charge < -0.3 is 10.1 Å². The van der Waals surface area contributed by atoms with Gasteiger partial charge in [-0.1, -0.05) is 13.8 Å². The zero-order valence-corrected chi connectivity index (χ0v) is 11.1. The lowest BCUT2D eigenvalue weighted by molar-refractivity contribution is 0.0681. The molecule has 1 saturated heterocycles. The summed E-state index contributed by atoms with van der Waals surface area (Å²) in [5.74, 6) is 0.687. The van der Waals surface area contributed by atoms with Crippen molar-refractivity contribution < 1.29 is 4.74 Å². The fraction of sp³-hybridized carbons (Fsp3) is 0.692. The summed E-state index contributed by atoms with van der Waals surface area (Å²) in [6, 6.07) is 2.78. The van der Waals surface area contributed by atoms with Gasteiger partial charge in [0.15, 0.2) is 0 Å². The third-order valence-corrected chi connectivity index (χ3v) is 4.42. The summed E-state index contributed by atoms with van der Waals surface area (Å²) in [6.07, 6.45) is 1.38. The summed E-state index contributed by atoms with van der Waals surface area (Å²) in [7, 11) is 0. The largest absolute Gasteiger partial charge is 0.371 e. The van der Waals surface area contributed by atoms with Gasteiger partial charge in [0.25, 0.3) is 0 Å². The van der Waals surface area contributed by atoms with Crippen molar-refractivity contribution in [1.82, 2.24) is 5.32 Å². The molecular weight excluding hydrogens is 218 g/mol. The molecule has 0 spiro atoms. The van der Waals surface area contributed by atoms with Gasteiger partial charge in [0.05, 0.1) is 0 Å². The maximum absolute atomic E-state index is 5.96. The molecule has 3 heteroatoms. The van der Waals surface area contributed by atoms with Gasteiger partial charge in [-0.2, -0.15) is 0 Å². The first kappa shape index (κ1) is 12.1. The molecule has 1 aromatic heterocycles. The molecule has 1 aliphatic heterocycles. The standard InChI is InChI=1S/C13H21NOS/c1-9(2)11-4-6-15-12(8-14-11)13-10(3)5-7-16-13/h5,7,9,11-12,14H,4,6,8H2,1-3H3. The number of ether oxygens (including phenoxy) is 1. The SMILES string of the molecule is Cc1ccsc1C1CNC(C(C)C)CCO1. The molecule has 2 heterocycles. The maximum atomic E-state index is 5.96. The van der Waals surface area contributed by atoms with E-state index in [0.29, 0.717) is 12.0 Å². The van der Waals surface area contributed by atoms with Crippen LogP contribution < -0.4 is 5.32 Å². The van der Waals surface area contributed by atoms with Crippen LogP contribution in [0.15, 0.2) is 11.4 Å². The number of hydrogen-bond donors (Lipinski definition) is 1. The molecule has 2 rings (SSSR count). The Morgan fingerprint density at radius 3 is 2.94 bits per heavy atom. The summed E-state index contributed by atoms with van der Waals surface area (Å²) in [4.78, 5) is 1.39.